The Balaban J connectivity index is 2.65. The van der Waals surface area contributed by atoms with Gasteiger partial charge in [-0.1, -0.05) is 13.3 Å². The Labute approximate surface area is 109 Å². The fraction of sp³-hybridized carbons (Fsp3) is 0.667. The second-order valence-corrected chi connectivity index (χ2v) is 6.28. The molecule has 0 saturated heterocycles. The summed E-state index contributed by atoms with van der Waals surface area (Å²) >= 11 is 0. The molecule has 5 nitrogen and oxygen atoms in total. The molecule has 1 heterocycles. The van der Waals surface area contributed by atoms with Crippen LogP contribution in [-0.4, -0.2) is 26.3 Å². The number of hydrogen-bond donors (Lipinski definition) is 1. The molecule has 18 heavy (non-hydrogen) atoms. The van der Waals surface area contributed by atoms with E-state index in [1.807, 2.05) is 19.9 Å². The Hall–Kier alpha value is -0.850. The highest BCUT2D eigenvalue weighted by molar-refractivity contribution is 7.87. The summed E-state index contributed by atoms with van der Waals surface area (Å²) in [4.78, 5) is 0. The Kier molecular flexibility index (Phi) is 5.37. The fourth-order valence-corrected chi connectivity index (χ4v) is 2.67. The molecule has 0 spiro atoms. The van der Waals surface area contributed by atoms with E-state index in [4.69, 9.17) is 4.42 Å². The highest BCUT2D eigenvalue weighted by atomic mass is 32.2. The first kappa shape index (κ1) is 15.2. The standard InChI is InChI=1S/C12H22N2O3S/c1-5-6-9-14(4)18(15,16)13-11(3)12-8-7-10(2)17-12/h7-8,11,13H,5-6,9H2,1-4H3/t11-/m0/s1. The van der Waals surface area contributed by atoms with Gasteiger partial charge in [0.2, 0.25) is 0 Å². The summed E-state index contributed by atoms with van der Waals surface area (Å²) in [7, 11) is -1.87. The monoisotopic (exact) mass is 274 g/mol. The molecule has 0 amide bonds. The molecule has 0 aromatic carbocycles. The first-order chi connectivity index (χ1) is 8.36. The molecule has 0 radical (unpaired) electrons. The van der Waals surface area contributed by atoms with E-state index in [1.165, 1.54) is 4.31 Å². The molecule has 1 aromatic heterocycles. The summed E-state index contributed by atoms with van der Waals surface area (Å²) in [5.41, 5.74) is 0. The summed E-state index contributed by atoms with van der Waals surface area (Å²) in [6.07, 6.45) is 1.82. The van der Waals surface area contributed by atoms with E-state index >= 15 is 0 Å². The van der Waals surface area contributed by atoms with Crippen LogP contribution in [0.3, 0.4) is 0 Å². The van der Waals surface area contributed by atoms with Gasteiger partial charge >= 0.3 is 0 Å². The van der Waals surface area contributed by atoms with E-state index in [1.54, 1.807) is 20.0 Å². The van der Waals surface area contributed by atoms with Crippen molar-refractivity contribution in [3.05, 3.63) is 23.7 Å². The molecule has 104 valence electrons. The maximum Gasteiger partial charge on any atom is 0.279 e. The summed E-state index contributed by atoms with van der Waals surface area (Å²) in [6.45, 7) is 6.15. The van der Waals surface area contributed by atoms with Gasteiger partial charge in [-0.05, 0) is 32.4 Å². The molecule has 0 fully saturated rings. The van der Waals surface area contributed by atoms with E-state index in [0.717, 1.165) is 18.6 Å². The predicted molar refractivity (Wildman–Crippen MR) is 71.5 cm³/mol. The second kappa shape index (κ2) is 6.36. The number of nitrogens with one attached hydrogen (secondary N) is 1. The van der Waals surface area contributed by atoms with Crippen LogP contribution in [0.2, 0.25) is 0 Å². The van der Waals surface area contributed by atoms with Crippen LogP contribution in [0.15, 0.2) is 16.5 Å². The maximum absolute atomic E-state index is 12.0. The lowest BCUT2D eigenvalue weighted by Gasteiger charge is -2.20. The normalized spacial score (nSPS) is 14.1. The quantitative estimate of drug-likeness (QED) is 0.829. The van der Waals surface area contributed by atoms with Gasteiger partial charge < -0.3 is 4.42 Å². The van der Waals surface area contributed by atoms with E-state index in [0.29, 0.717) is 12.3 Å². The van der Waals surface area contributed by atoms with E-state index < -0.39 is 10.2 Å². The molecule has 6 heteroatoms. The SMILES string of the molecule is CCCCN(C)S(=O)(=O)N[C@@H](C)c1ccc(C)o1. The van der Waals surface area contributed by atoms with Gasteiger partial charge in [-0.25, -0.2) is 0 Å². The molecule has 0 aliphatic rings. The van der Waals surface area contributed by atoms with Crippen LogP contribution in [0.25, 0.3) is 0 Å². The van der Waals surface area contributed by atoms with Crippen LogP contribution in [0, 0.1) is 6.92 Å². The number of aryl methyl sites for hydroxylation is 1. The van der Waals surface area contributed by atoms with Crippen LogP contribution in [0.5, 0.6) is 0 Å². The first-order valence-corrected chi connectivity index (χ1v) is 7.60. The fourth-order valence-electron chi connectivity index (χ4n) is 1.56. The number of unbranched alkanes of at least 4 members (excludes halogenated alkanes) is 1. The highest BCUT2D eigenvalue weighted by Gasteiger charge is 2.21. The third kappa shape index (κ3) is 4.12. The minimum atomic E-state index is -3.45. The zero-order valence-corrected chi connectivity index (χ0v) is 12.3. The van der Waals surface area contributed by atoms with Crippen molar-refractivity contribution in [1.82, 2.24) is 9.03 Å². The van der Waals surface area contributed by atoms with Crippen molar-refractivity contribution in [1.29, 1.82) is 0 Å². The van der Waals surface area contributed by atoms with Crippen molar-refractivity contribution in [3.8, 4) is 0 Å². The molecule has 1 N–H and O–H groups in total. The summed E-state index contributed by atoms with van der Waals surface area (Å²) in [5, 5.41) is 0. The number of hydrogen-bond acceptors (Lipinski definition) is 3. The lowest BCUT2D eigenvalue weighted by atomic mass is 10.3. The predicted octanol–water partition coefficient (Wildman–Crippen LogP) is 2.22. The Morgan fingerprint density at radius 2 is 2.11 bits per heavy atom. The maximum atomic E-state index is 12.0. The third-order valence-corrected chi connectivity index (χ3v) is 4.41. The lowest BCUT2D eigenvalue weighted by Crippen LogP contribution is -2.39. The molecule has 0 unspecified atom stereocenters. The van der Waals surface area contributed by atoms with E-state index in [2.05, 4.69) is 4.72 Å². The summed E-state index contributed by atoms with van der Waals surface area (Å²) < 4.78 is 33.3. The molecular weight excluding hydrogens is 252 g/mol. The van der Waals surface area contributed by atoms with Crippen molar-refractivity contribution < 1.29 is 12.8 Å². The largest absolute Gasteiger partial charge is 0.465 e. The molecular formula is C12H22N2O3S. The molecule has 0 aliphatic carbocycles. The van der Waals surface area contributed by atoms with Crippen LogP contribution in [0.1, 0.15) is 44.3 Å². The van der Waals surface area contributed by atoms with Gasteiger partial charge in [0.05, 0.1) is 6.04 Å². The smallest absolute Gasteiger partial charge is 0.279 e. The van der Waals surface area contributed by atoms with E-state index in [9.17, 15) is 8.42 Å². The van der Waals surface area contributed by atoms with Crippen molar-refractivity contribution in [2.24, 2.45) is 0 Å². The zero-order chi connectivity index (χ0) is 13.8. The zero-order valence-electron chi connectivity index (χ0n) is 11.4. The molecule has 1 aromatic rings. The summed E-state index contributed by atoms with van der Waals surface area (Å²) in [6, 6.07) is 3.24. The average molecular weight is 274 g/mol. The molecule has 1 atom stereocenters. The van der Waals surface area contributed by atoms with Crippen LogP contribution in [-0.2, 0) is 10.2 Å². The van der Waals surface area contributed by atoms with Gasteiger partial charge in [-0.2, -0.15) is 17.4 Å². The van der Waals surface area contributed by atoms with Gasteiger partial charge in [0.25, 0.3) is 10.2 Å². The van der Waals surface area contributed by atoms with Crippen molar-refractivity contribution in [3.63, 3.8) is 0 Å². The Morgan fingerprint density at radius 3 is 2.61 bits per heavy atom. The summed E-state index contributed by atoms with van der Waals surface area (Å²) in [5.74, 6) is 1.40. The molecule has 0 bridgehead atoms. The van der Waals surface area contributed by atoms with E-state index in [-0.39, 0.29) is 6.04 Å². The molecule has 0 saturated carbocycles. The van der Waals surface area contributed by atoms with Gasteiger partial charge in [-0.15, -0.1) is 0 Å². The van der Waals surface area contributed by atoms with Crippen molar-refractivity contribution in [2.45, 2.75) is 39.7 Å². The van der Waals surface area contributed by atoms with Gasteiger partial charge in [-0.3, -0.25) is 0 Å². The average Bonchev–Trinajstić information content (AvgIpc) is 2.72. The number of rotatable bonds is 7. The Bertz CT molecular complexity index is 467. The van der Waals surface area contributed by atoms with Gasteiger partial charge in [0.15, 0.2) is 0 Å². The van der Waals surface area contributed by atoms with Crippen LogP contribution < -0.4 is 4.72 Å². The van der Waals surface area contributed by atoms with Gasteiger partial charge in [0, 0.05) is 13.6 Å². The number of nitrogens with zero attached hydrogens (tertiary/aromatic N) is 1. The van der Waals surface area contributed by atoms with Crippen molar-refractivity contribution >= 4 is 10.2 Å². The number of furan rings is 1. The third-order valence-electron chi connectivity index (χ3n) is 2.75. The lowest BCUT2D eigenvalue weighted by molar-refractivity contribution is 0.415. The van der Waals surface area contributed by atoms with Crippen molar-refractivity contribution in [2.75, 3.05) is 13.6 Å². The van der Waals surface area contributed by atoms with Gasteiger partial charge in [0.1, 0.15) is 11.5 Å². The first-order valence-electron chi connectivity index (χ1n) is 6.16. The second-order valence-electron chi connectivity index (χ2n) is 4.47. The topological polar surface area (TPSA) is 62.6 Å². The minimum absolute atomic E-state index is 0.368. The van der Waals surface area contributed by atoms with Crippen LogP contribution in [0.4, 0.5) is 0 Å². The molecule has 1 rings (SSSR count). The highest BCUT2D eigenvalue weighted by Crippen LogP contribution is 2.17. The molecule has 0 aliphatic heterocycles. The Morgan fingerprint density at radius 1 is 1.44 bits per heavy atom. The van der Waals surface area contributed by atoms with Crippen LogP contribution >= 0.6 is 0 Å². The minimum Gasteiger partial charge on any atom is -0.465 e.